The van der Waals surface area contributed by atoms with Gasteiger partial charge in [-0.15, -0.1) is 0 Å². The van der Waals surface area contributed by atoms with Gasteiger partial charge in [-0.3, -0.25) is 14.2 Å². The van der Waals surface area contributed by atoms with Crippen molar-refractivity contribution in [3.05, 3.63) is 60.8 Å². The fourth-order valence-corrected chi connectivity index (χ4v) is 10.2. The minimum absolute atomic E-state index is 0.0270. The second-order valence-corrected chi connectivity index (χ2v) is 24.7. The summed E-state index contributed by atoms with van der Waals surface area (Å²) >= 11 is 0. The summed E-state index contributed by atoms with van der Waals surface area (Å²) in [7, 11) is 1.17. The summed E-state index contributed by atoms with van der Waals surface area (Å²) in [5.41, 5.74) is 0. The predicted molar refractivity (Wildman–Crippen MR) is 330 cm³/mol. The molecule has 0 rings (SSSR count). The molecule has 0 saturated heterocycles. The van der Waals surface area contributed by atoms with Crippen molar-refractivity contribution in [3.8, 4) is 0 Å². The van der Waals surface area contributed by atoms with Crippen molar-refractivity contribution >= 4 is 19.7 Å². The maximum atomic E-state index is 13.5. The first-order valence-corrected chi connectivity index (χ1v) is 34.1. The van der Waals surface area contributed by atoms with Gasteiger partial charge in [-0.1, -0.05) is 275 Å². The van der Waals surface area contributed by atoms with Gasteiger partial charge in [-0.25, -0.2) is 0 Å². The molecule has 0 fully saturated rings. The van der Waals surface area contributed by atoms with Gasteiger partial charge < -0.3 is 28.5 Å². The van der Waals surface area contributed by atoms with E-state index in [9.17, 15) is 19.0 Å². The van der Waals surface area contributed by atoms with Crippen molar-refractivity contribution in [1.29, 1.82) is 0 Å². The smallest absolute Gasteiger partial charge is 0.306 e. The van der Waals surface area contributed by atoms with Crippen LogP contribution >= 0.6 is 7.82 Å². The Morgan fingerprint density at radius 1 is 0.468 bits per heavy atom. The number of phosphoric ester groups is 1. The molecule has 1 amide bonds. The lowest BCUT2D eigenvalue weighted by Crippen LogP contribution is -2.47. The molecule has 9 nitrogen and oxygen atoms in total. The van der Waals surface area contributed by atoms with E-state index in [0.29, 0.717) is 23.9 Å². The van der Waals surface area contributed by atoms with Gasteiger partial charge in [0.15, 0.2) is 0 Å². The summed E-state index contributed by atoms with van der Waals surface area (Å²) in [6.07, 6.45) is 72.2. The number of hydrogen-bond donors (Lipinski definition) is 1. The lowest BCUT2D eigenvalue weighted by atomic mass is 10.0. The van der Waals surface area contributed by atoms with E-state index >= 15 is 0 Å². The first-order chi connectivity index (χ1) is 37.4. The van der Waals surface area contributed by atoms with E-state index in [1.807, 2.05) is 33.3 Å². The van der Waals surface area contributed by atoms with Crippen LogP contribution in [-0.4, -0.2) is 69.4 Å². The summed E-state index contributed by atoms with van der Waals surface area (Å²) in [6.45, 7) is 6.70. The minimum Gasteiger partial charge on any atom is -0.756 e. The highest BCUT2D eigenvalue weighted by Crippen LogP contribution is 2.38. The quantitative estimate of drug-likeness (QED) is 0.0161. The molecule has 0 radical (unpaired) electrons. The van der Waals surface area contributed by atoms with Crippen molar-refractivity contribution in [3.63, 3.8) is 0 Å². The second kappa shape index (κ2) is 57.0. The van der Waals surface area contributed by atoms with Gasteiger partial charge in [0, 0.05) is 12.8 Å². The number of nitrogens with zero attached hydrogens (tertiary/aromatic N) is 1. The highest BCUT2D eigenvalue weighted by Gasteiger charge is 2.27. The van der Waals surface area contributed by atoms with Crippen molar-refractivity contribution in [1.82, 2.24) is 5.32 Å². The number of carbonyl (C=O) groups excluding carboxylic acids is 2. The molecular formula is C67H125N2O7P. The summed E-state index contributed by atoms with van der Waals surface area (Å²) in [5.74, 6) is -0.558. The van der Waals surface area contributed by atoms with Gasteiger partial charge >= 0.3 is 5.97 Å². The number of ether oxygens (including phenoxy) is 1. The largest absolute Gasteiger partial charge is 0.756 e. The predicted octanol–water partition coefficient (Wildman–Crippen LogP) is 19.6. The first-order valence-electron chi connectivity index (χ1n) is 32.6. The molecule has 0 aliphatic heterocycles. The third-order valence-electron chi connectivity index (χ3n) is 14.5. The monoisotopic (exact) mass is 1100 g/mol. The molecule has 450 valence electrons. The van der Waals surface area contributed by atoms with Crippen LogP contribution in [0, 0.1) is 0 Å². The molecule has 0 aliphatic rings. The Morgan fingerprint density at radius 2 is 0.844 bits per heavy atom. The van der Waals surface area contributed by atoms with Crippen molar-refractivity contribution in [2.75, 3.05) is 40.9 Å². The Kier molecular flexibility index (Phi) is 55.3. The number of quaternary nitrogens is 1. The van der Waals surface area contributed by atoms with Crippen LogP contribution in [-0.2, 0) is 27.9 Å². The SMILES string of the molecule is CC/C=C/C=C/C=C\CCCCCCCC(=O)NC(COP(=O)([O-])OCC[N+](C)(C)C)C(/C=C\CCCCCCCCCCC)OC(=O)CCCCCCCCCCCCCCCCCCC/C=C/CCCCCCCC. The number of hydrogen-bond acceptors (Lipinski definition) is 7. The highest BCUT2D eigenvalue weighted by molar-refractivity contribution is 7.45. The van der Waals surface area contributed by atoms with E-state index in [0.717, 1.165) is 77.0 Å². The summed E-state index contributed by atoms with van der Waals surface area (Å²) in [6, 6.07) is -0.898. The summed E-state index contributed by atoms with van der Waals surface area (Å²) in [5, 5.41) is 3.01. The van der Waals surface area contributed by atoms with E-state index in [4.69, 9.17) is 13.8 Å². The summed E-state index contributed by atoms with van der Waals surface area (Å²) < 4.78 is 30.3. The van der Waals surface area contributed by atoms with Gasteiger partial charge in [-0.05, 0) is 76.7 Å². The van der Waals surface area contributed by atoms with Crippen LogP contribution in [0.5, 0.6) is 0 Å². The number of esters is 1. The molecule has 77 heavy (non-hydrogen) atoms. The summed E-state index contributed by atoms with van der Waals surface area (Å²) in [4.78, 5) is 39.9. The Hall–Kier alpha value is -2.29. The molecule has 0 aromatic carbocycles. The zero-order valence-electron chi connectivity index (χ0n) is 51.4. The third kappa shape index (κ3) is 58.2. The fraction of sp³-hybridized carbons (Fsp3) is 0.821. The maximum absolute atomic E-state index is 13.5. The van der Waals surface area contributed by atoms with Crippen LogP contribution in [0.4, 0.5) is 0 Å². The highest BCUT2D eigenvalue weighted by atomic mass is 31.2. The average molecular weight is 1100 g/mol. The molecule has 0 aliphatic carbocycles. The number of likely N-dealkylation sites (N-methyl/N-ethyl adjacent to an activating group) is 1. The molecule has 10 heteroatoms. The van der Waals surface area contributed by atoms with Gasteiger partial charge in [0.25, 0.3) is 7.82 Å². The molecule has 0 spiro atoms. The standard InChI is InChI=1S/C67H125N2O7P/c1-7-10-13-16-19-22-25-27-28-29-30-31-32-33-34-35-36-37-38-39-40-42-45-48-51-54-57-60-67(71)76-65(58-55-52-49-46-43-24-21-18-15-12-9-3)64(63-75-77(72,73)74-62-61-69(4,5)6)68-66(70)59-56-53-50-47-44-41-26-23-20-17-14-11-8-2/h11,14,17,20,23,26-28,55,58,64-65H,7-10,12-13,15-16,18-19,21-22,24-25,29-54,56-57,59-63H2,1-6H3,(H-,68,70,72,73)/b14-11+,20-17+,26-23-,28-27+,58-55-. The van der Waals surface area contributed by atoms with Gasteiger partial charge in [-0.2, -0.15) is 0 Å². The van der Waals surface area contributed by atoms with Crippen LogP contribution in [0.3, 0.4) is 0 Å². The van der Waals surface area contributed by atoms with Crippen molar-refractivity contribution in [2.45, 2.75) is 315 Å². The molecule has 0 saturated carbocycles. The van der Waals surface area contributed by atoms with Crippen LogP contribution in [0.1, 0.15) is 303 Å². The number of rotatable bonds is 59. The molecule has 3 atom stereocenters. The van der Waals surface area contributed by atoms with E-state index < -0.39 is 26.6 Å². The second-order valence-electron chi connectivity index (χ2n) is 23.3. The number of nitrogens with one attached hydrogen (secondary N) is 1. The van der Waals surface area contributed by atoms with Crippen molar-refractivity contribution < 1.29 is 37.3 Å². The van der Waals surface area contributed by atoms with Crippen LogP contribution in [0.25, 0.3) is 0 Å². The normalized spacial score (nSPS) is 14.0. The van der Waals surface area contributed by atoms with E-state index in [2.05, 4.69) is 74.7 Å². The van der Waals surface area contributed by atoms with E-state index in [1.54, 1.807) is 0 Å². The van der Waals surface area contributed by atoms with Crippen molar-refractivity contribution in [2.24, 2.45) is 0 Å². The molecule has 1 N–H and O–H groups in total. The maximum Gasteiger partial charge on any atom is 0.306 e. The first kappa shape index (κ1) is 74.7. The van der Waals surface area contributed by atoms with E-state index in [-0.39, 0.29) is 24.9 Å². The van der Waals surface area contributed by atoms with Gasteiger partial charge in [0.1, 0.15) is 19.3 Å². The third-order valence-corrected chi connectivity index (χ3v) is 15.5. The molecule has 0 bridgehead atoms. The zero-order valence-corrected chi connectivity index (χ0v) is 52.3. The molecule has 0 heterocycles. The van der Waals surface area contributed by atoms with Gasteiger partial charge in [0.2, 0.25) is 5.91 Å². The van der Waals surface area contributed by atoms with E-state index in [1.165, 1.54) is 186 Å². The Labute approximate surface area is 477 Å². The Bertz CT molecular complexity index is 1500. The van der Waals surface area contributed by atoms with Crippen LogP contribution in [0.2, 0.25) is 0 Å². The molecule has 0 aromatic rings. The van der Waals surface area contributed by atoms with Crippen LogP contribution in [0.15, 0.2) is 60.8 Å². The lowest BCUT2D eigenvalue weighted by molar-refractivity contribution is -0.870. The molecular weight excluding hydrogens is 976 g/mol. The molecule has 0 aromatic heterocycles. The number of amides is 1. The van der Waals surface area contributed by atoms with Crippen LogP contribution < -0.4 is 10.2 Å². The number of allylic oxidation sites excluding steroid dienone is 9. The Morgan fingerprint density at radius 3 is 1.27 bits per heavy atom. The minimum atomic E-state index is -4.70. The number of unbranched alkanes of at least 4 members (excludes halogenated alkanes) is 37. The lowest BCUT2D eigenvalue weighted by Gasteiger charge is -2.30. The average Bonchev–Trinajstić information content (AvgIpc) is 3.39. The van der Waals surface area contributed by atoms with Gasteiger partial charge in [0.05, 0.1) is 33.8 Å². The number of carbonyl (C=O) groups is 2. The zero-order chi connectivity index (χ0) is 56.4. The topological polar surface area (TPSA) is 114 Å². The fourth-order valence-electron chi connectivity index (χ4n) is 9.46. The Balaban J connectivity index is 4.97. The molecule has 3 unspecified atom stereocenters. The number of phosphoric acid groups is 1.